The third-order valence-electron chi connectivity index (χ3n) is 12.9. The highest BCUT2D eigenvalue weighted by molar-refractivity contribution is 5.82. The fourth-order valence-corrected chi connectivity index (χ4v) is 9.26. The van der Waals surface area contributed by atoms with E-state index in [9.17, 15) is 0 Å². The summed E-state index contributed by atoms with van der Waals surface area (Å²) in [4.78, 5) is 2.36. The number of anilines is 3. The quantitative estimate of drug-likeness (QED) is 0.140. The molecule has 0 unspecified atom stereocenters. The first-order valence-electron chi connectivity index (χ1n) is 22.3. The molecule has 1 nitrogen and oxygen atoms in total. The molecule has 0 bridgehead atoms. The summed E-state index contributed by atoms with van der Waals surface area (Å²) < 4.78 is 0. The summed E-state index contributed by atoms with van der Waals surface area (Å²) in [5.74, 6) is 0. The van der Waals surface area contributed by atoms with Crippen LogP contribution in [0, 0.1) is 0 Å². The lowest BCUT2D eigenvalue weighted by Gasteiger charge is -2.26. The number of aryl methyl sites for hydroxylation is 2. The van der Waals surface area contributed by atoms with Crippen molar-refractivity contribution in [1.29, 1.82) is 0 Å². The van der Waals surface area contributed by atoms with Crippen molar-refractivity contribution in [3.8, 4) is 66.8 Å². The molecule has 0 N–H and O–H groups in total. The number of benzene rings is 9. The van der Waals surface area contributed by atoms with Gasteiger partial charge in [-0.15, -0.1) is 0 Å². The Morgan fingerprint density at radius 3 is 0.857 bits per heavy atom. The second-order valence-corrected chi connectivity index (χ2v) is 16.8. The van der Waals surface area contributed by atoms with Gasteiger partial charge in [-0.1, -0.05) is 188 Å². The summed E-state index contributed by atoms with van der Waals surface area (Å²) in [6.45, 7) is 0. The molecule has 0 saturated carbocycles. The number of hydrogen-bond donors (Lipinski definition) is 0. The number of fused-ring (bicyclic) bond motifs is 2. The zero-order valence-electron chi connectivity index (χ0n) is 35.3. The highest BCUT2D eigenvalue weighted by atomic mass is 15.1. The van der Waals surface area contributed by atoms with Gasteiger partial charge >= 0.3 is 0 Å². The van der Waals surface area contributed by atoms with Gasteiger partial charge in [-0.2, -0.15) is 0 Å². The highest BCUT2D eigenvalue weighted by Gasteiger charge is 2.15. The van der Waals surface area contributed by atoms with E-state index in [4.69, 9.17) is 0 Å². The van der Waals surface area contributed by atoms with Crippen LogP contribution in [-0.4, -0.2) is 0 Å². The summed E-state index contributed by atoms with van der Waals surface area (Å²) in [5.41, 5.74) is 23.5. The molecule has 0 aliphatic heterocycles. The number of hydrogen-bond acceptors (Lipinski definition) is 1. The van der Waals surface area contributed by atoms with Crippen LogP contribution >= 0.6 is 0 Å². The first-order valence-corrected chi connectivity index (χ1v) is 22.3. The molecule has 1 heteroatoms. The molecular weight excluding hydrogens is 759 g/mol. The Morgan fingerprint density at radius 2 is 0.524 bits per heavy atom. The molecule has 9 aromatic rings. The fraction of sp³-hybridized carbons (Fsp3) is 0.0645. The topological polar surface area (TPSA) is 3.24 Å². The Bertz CT molecular complexity index is 2930. The molecule has 2 aliphatic carbocycles. The van der Waals surface area contributed by atoms with Crippen LogP contribution in [0.5, 0.6) is 0 Å². The standard InChI is InChI=1S/C62H47N/c1-2-8-44(9-3-1)47-14-16-48(17-15-47)51-30-36-60(37-31-51)63(61-38-32-52(33-39-61)49-18-22-54(23-19-49)58-28-26-45-10-4-6-12-56(45)42-58)62-40-34-53(35-41-62)50-20-24-55(25-21-50)59-29-27-46-11-5-7-13-57(46)43-59/h1-3,6-9,12-43H,4-5,10-11H2. The van der Waals surface area contributed by atoms with E-state index in [1.165, 1.54) is 89.0 Å². The van der Waals surface area contributed by atoms with Gasteiger partial charge in [0.15, 0.2) is 0 Å². The van der Waals surface area contributed by atoms with Gasteiger partial charge in [-0.25, -0.2) is 0 Å². The van der Waals surface area contributed by atoms with Crippen molar-refractivity contribution in [2.24, 2.45) is 0 Å². The Kier molecular flexibility index (Phi) is 10.3. The average Bonchev–Trinajstić information content (AvgIpc) is 3.37. The van der Waals surface area contributed by atoms with Gasteiger partial charge in [0, 0.05) is 17.1 Å². The van der Waals surface area contributed by atoms with Crippen molar-refractivity contribution < 1.29 is 0 Å². The Morgan fingerprint density at radius 1 is 0.254 bits per heavy atom. The highest BCUT2D eigenvalue weighted by Crippen LogP contribution is 2.39. The van der Waals surface area contributed by atoms with Crippen molar-refractivity contribution >= 4 is 29.2 Å². The maximum atomic E-state index is 2.36. The lowest BCUT2D eigenvalue weighted by atomic mass is 9.93. The molecule has 0 radical (unpaired) electrons. The van der Waals surface area contributed by atoms with Crippen molar-refractivity contribution in [3.05, 3.63) is 247 Å². The lowest BCUT2D eigenvalue weighted by Crippen LogP contribution is -2.09. The third kappa shape index (κ3) is 7.98. The summed E-state index contributed by atoms with van der Waals surface area (Å²) in [6.07, 6.45) is 13.6. The van der Waals surface area contributed by atoms with Crippen LogP contribution < -0.4 is 4.90 Å². The Balaban J connectivity index is 0.877. The maximum absolute atomic E-state index is 2.36. The van der Waals surface area contributed by atoms with Crippen molar-refractivity contribution in [2.75, 3.05) is 4.90 Å². The third-order valence-corrected chi connectivity index (χ3v) is 12.9. The molecule has 2 aliphatic rings. The van der Waals surface area contributed by atoms with E-state index >= 15 is 0 Å². The zero-order valence-corrected chi connectivity index (χ0v) is 35.3. The van der Waals surface area contributed by atoms with Crippen LogP contribution in [0.4, 0.5) is 17.1 Å². The normalized spacial score (nSPS) is 12.7. The fourth-order valence-electron chi connectivity index (χ4n) is 9.26. The number of nitrogens with zero attached hydrogens (tertiary/aromatic N) is 1. The van der Waals surface area contributed by atoms with Gasteiger partial charge in [0.05, 0.1) is 0 Å². The predicted molar refractivity (Wildman–Crippen MR) is 268 cm³/mol. The minimum Gasteiger partial charge on any atom is -0.311 e. The molecule has 0 atom stereocenters. The second kappa shape index (κ2) is 17.0. The molecule has 300 valence electrons. The molecule has 9 aromatic carbocycles. The van der Waals surface area contributed by atoms with Crippen LogP contribution in [0.1, 0.15) is 35.1 Å². The Hall–Kier alpha value is -7.74. The van der Waals surface area contributed by atoms with E-state index in [0.29, 0.717) is 0 Å². The van der Waals surface area contributed by atoms with Gasteiger partial charge in [-0.05, 0) is 163 Å². The molecule has 0 spiro atoms. The van der Waals surface area contributed by atoms with Gasteiger partial charge in [-0.3, -0.25) is 0 Å². The van der Waals surface area contributed by atoms with Crippen LogP contribution in [0.3, 0.4) is 0 Å². The first kappa shape index (κ1) is 38.2. The van der Waals surface area contributed by atoms with Gasteiger partial charge < -0.3 is 4.90 Å². The van der Waals surface area contributed by atoms with E-state index in [0.717, 1.165) is 42.7 Å². The van der Waals surface area contributed by atoms with Gasteiger partial charge in [0.1, 0.15) is 0 Å². The van der Waals surface area contributed by atoms with E-state index in [-0.39, 0.29) is 0 Å². The first-order chi connectivity index (χ1) is 31.2. The largest absolute Gasteiger partial charge is 0.311 e. The van der Waals surface area contributed by atoms with Gasteiger partial charge in [0.2, 0.25) is 0 Å². The second-order valence-electron chi connectivity index (χ2n) is 16.8. The van der Waals surface area contributed by atoms with Crippen LogP contribution in [0.2, 0.25) is 0 Å². The van der Waals surface area contributed by atoms with Crippen molar-refractivity contribution in [3.63, 3.8) is 0 Å². The minimum atomic E-state index is 1.11. The average molecular weight is 806 g/mol. The van der Waals surface area contributed by atoms with Crippen molar-refractivity contribution in [1.82, 2.24) is 0 Å². The molecule has 0 fully saturated rings. The van der Waals surface area contributed by atoms with E-state index < -0.39 is 0 Å². The molecule has 0 saturated heterocycles. The number of allylic oxidation sites excluding steroid dienone is 2. The van der Waals surface area contributed by atoms with Gasteiger partial charge in [0.25, 0.3) is 0 Å². The van der Waals surface area contributed by atoms with Crippen LogP contribution in [-0.2, 0) is 12.8 Å². The Labute approximate surface area is 371 Å². The van der Waals surface area contributed by atoms with E-state index in [1.54, 1.807) is 0 Å². The van der Waals surface area contributed by atoms with Crippen LogP contribution in [0.25, 0.3) is 78.9 Å². The smallest absolute Gasteiger partial charge is 0.0462 e. The van der Waals surface area contributed by atoms with E-state index in [1.807, 2.05) is 0 Å². The maximum Gasteiger partial charge on any atom is 0.0462 e. The minimum absolute atomic E-state index is 1.11. The van der Waals surface area contributed by atoms with E-state index in [2.05, 4.69) is 242 Å². The SMILES string of the molecule is C1=Cc2cc(-c3ccc(-c4ccc(N(c5ccc(-c6ccc(-c7ccccc7)cc6)cc5)c5ccc(-c6ccc(-c7ccc8c(c7)C=CCC8)cc6)cc5)cc4)cc3)ccc2CC1. The molecule has 0 aromatic heterocycles. The molecule has 63 heavy (non-hydrogen) atoms. The molecule has 0 amide bonds. The molecule has 0 heterocycles. The predicted octanol–water partition coefficient (Wildman–Crippen LogP) is 17.1. The lowest BCUT2D eigenvalue weighted by molar-refractivity contribution is 0.986. The number of rotatable bonds is 9. The zero-order chi connectivity index (χ0) is 42.0. The molecule has 11 rings (SSSR count). The van der Waals surface area contributed by atoms with Crippen LogP contribution in [0.15, 0.2) is 224 Å². The summed E-state index contributed by atoms with van der Waals surface area (Å²) in [7, 11) is 0. The molecular formula is C62H47N. The summed E-state index contributed by atoms with van der Waals surface area (Å²) >= 11 is 0. The summed E-state index contributed by atoms with van der Waals surface area (Å²) in [5, 5.41) is 0. The monoisotopic (exact) mass is 805 g/mol. The summed E-state index contributed by atoms with van der Waals surface area (Å²) in [6, 6.07) is 78.2. The van der Waals surface area contributed by atoms with Crippen molar-refractivity contribution in [2.45, 2.75) is 25.7 Å².